The highest BCUT2D eigenvalue weighted by molar-refractivity contribution is 5.70. The summed E-state index contributed by atoms with van der Waals surface area (Å²) in [4.78, 5) is 0. The van der Waals surface area contributed by atoms with Gasteiger partial charge in [-0.25, -0.2) is 0 Å². The Morgan fingerprint density at radius 1 is 0.870 bits per heavy atom. The molecule has 2 aromatic carbocycles. The standard InChI is InChI=1S/C21H24O2/c1-16-6-8-17(9-7-16)18-10-12-20(13-11-18)21(19-4-3-5-19)23-15-14-22-2/h6-13H,3-5,14-15H2,1-2H3. The van der Waals surface area contributed by atoms with E-state index in [0.29, 0.717) is 13.2 Å². The van der Waals surface area contributed by atoms with E-state index >= 15 is 0 Å². The molecule has 0 saturated heterocycles. The first-order valence-electron chi connectivity index (χ1n) is 8.29. The van der Waals surface area contributed by atoms with Gasteiger partial charge in [-0.15, -0.1) is 0 Å². The Bertz CT molecular complexity index is 660. The SMILES string of the molecule is COCCOC(=C1CCC1)c1ccc(-c2ccc(C)cc2)cc1. The maximum absolute atomic E-state index is 5.99. The highest BCUT2D eigenvalue weighted by Gasteiger charge is 2.17. The molecule has 120 valence electrons. The Morgan fingerprint density at radius 2 is 1.48 bits per heavy atom. The molecular weight excluding hydrogens is 284 g/mol. The van der Waals surface area contributed by atoms with E-state index in [1.165, 1.54) is 34.2 Å². The minimum Gasteiger partial charge on any atom is -0.491 e. The van der Waals surface area contributed by atoms with Gasteiger partial charge in [-0.05, 0) is 42.9 Å². The van der Waals surface area contributed by atoms with Crippen LogP contribution >= 0.6 is 0 Å². The fourth-order valence-corrected chi connectivity index (χ4v) is 2.76. The van der Waals surface area contributed by atoms with Crippen LogP contribution < -0.4 is 0 Å². The van der Waals surface area contributed by atoms with Crippen LogP contribution in [0.25, 0.3) is 16.9 Å². The Morgan fingerprint density at radius 3 is 2.00 bits per heavy atom. The predicted octanol–water partition coefficient (Wildman–Crippen LogP) is 5.22. The molecule has 2 nitrogen and oxygen atoms in total. The van der Waals surface area contributed by atoms with Gasteiger partial charge in [0.2, 0.25) is 0 Å². The Labute approximate surface area is 138 Å². The van der Waals surface area contributed by atoms with Crippen LogP contribution in [0.15, 0.2) is 54.1 Å². The van der Waals surface area contributed by atoms with Crippen molar-refractivity contribution in [2.24, 2.45) is 0 Å². The van der Waals surface area contributed by atoms with Gasteiger partial charge in [0.15, 0.2) is 0 Å². The van der Waals surface area contributed by atoms with Gasteiger partial charge in [-0.3, -0.25) is 0 Å². The van der Waals surface area contributed by atoms with Gasteiger partial charge in [0.05, 0.1) is 6.61 Å². The highest BCUT2D eigenvalue weighted by atomic mass is 16.5. The molecule has 0 radical (unpaired) electrons. The van der Waals surface area contributed by atoms with Crippen LogP contribution in [-0.4, -0.2) is 20.3 Å². The molecule has 0 heterocycles. The summed E-state index contributed by atoms with van der Waals surface area (Å²) in [6.45, 7) is 3.34. The zero-order valence-corrected chi connectivity index (χ0v) is 14.0. The third-order valence-electron chi connectivity index (χ3n) is 4.34. The fourth-order valence-electron chi connectivity index (χ4n) is 2.76. The molecule has 2 heteroatoms. The van der Waals surface area contributed by atoms with Crippen LogP contribution in [0, 0.1) is 6.92 Å². The molecule has 3 rings (SSSR count). The van der Waals surface area contributed by atoms with Gasteiger partial charge >= 0.3 is 0 Å². The number of rotatable bonds is 6. The van der Waals surface area contributed by atoms with Crippen LogP contribution in [0.4, 0.5) is 0 Å². The van der Waals surface area contributed by atoms with Gasteiger partial charge in [-0.2, -0.15) is 0 Å². The summed E-state index contributed by atoms with van der Waals surface area (Å²) < 4.78 is 11.1. The van der Waals surface area contributed by atoms with Crippen molar-refractivity contribution in [2.75, 3.05) is 20.3 Å². The summed E-state index contributed by atoms with van der Waals surface area (Å²) >= 11 is 0. The Kier molecular flexibility index (Phi) is 5.14. The number of ether oxygens (including phenoxy) is 2. The number of methoxy groups -OCH3 is 1. The van der Waals surface area contributed by atoms with E-state index in [4.69, 9.17) is 9.47 Å². The maximum atomic E-state index is 5.99. The maximum Gasteiger partial charge on any atom is 0.125 e. The number of allylic oxidation sites excluding steroid dienone is 1. The molecule has 23 heavy (non-hydrogen) atoms. The Balaban J connectivity index is 1.80. The van der Waals surface area contributed by atoms with E-state index in [2.05, 4.69) is 55.5 Å². The lowest BCUT2D eigenvalue weighted by molar-refractivity contribution is 0.132. The average molecular weight is 308 g/mol. The normalized spacial score (nSPS) is 13.6. The Hall–Kier alpha value is -2.06. The minimum atomic E-state index is 0.606. The van der Waals surface area contributed by atoms with Crippen LogP contribution in [-0.2, 0) is 9.47 Å². The predicted molar refractivity (Wildman–Crippen MR) is 95.2 cm³/mol. The van der Waals surface area contributed by atoms with Crippen LogP contribution in [0.5, 0.6) is 0 Å². The molecule has 0 unspecified atom stereocenters. The first-order chi connectivity index (χ1) is 11.3. The van der Waals surface area contributed by atoms with Crippen molar-refractivity contribution >= 4 is 5.76 Å². The molecule has 0 N–H and O–H groups in total. The molecule has 0 atom stereocenters. The summed E-state index contributed by atoms with van der Waals surface area (Å²) in [5, 5.41) is 0. The van der Waals surface area contributed by atoms with Gasteiger partial charge < -0.3 is 9.47 Å². The topological polar surface area (TPSA) is 18.5 Å². The first-order valence-corrected chi connectivity index (χ1v) is 8.29. The molecular formula is C21H24O2. The summed E-state index contributed by atoms with van der Waals surface area (Å²) in [5.41, 5.74) is 6.38. The third kappa shape index (κ3) is 3.83. The molecule has 1 fully saturated rings. The third-order valence-corrected chi connectivity index (χ3v) is 4.34. The molecule has 1 aliphatic carbocycles. The fraction of sp³-hybridized carbons (Fsp3) is 0.333. The van der Waals surface area contributed by atoms with Crippen molar-refractivity contribution in [3.63, 3.8) is 0 Å². The van der Waals surface area contributed by atoms with Crippen molar-refractivity contribution in [3.8, 4) is 11.1 Å². The number of benzene rings is 2. The smallest absolute Gasteiger partial charge is 0.125 e. The summed E-state index contributed by atoms with van der Waals surface area (Å²) in [5.74, 6) is 1.06. The van der Waals surface area contributed by atoms with Crippen molar-refractivity contribution in [2.45, 2.75) is 26.2 Å². The zero-order chi connectivity index (χ0) is 16.1. The summed E-state index contributed by atoms with van der Waals surface area (Å²) in [6.07, 6.45) is 3.58. The van der Waals surface area contributed by atoms with Crippen molar-refractivity contribution in [3.05, 3.63) is 65.2 Å². The van der Waals surface area contributed by atoms with Crippen molar-refractivity contribution in [1.29, 1.82) is 0 Å². The molecule has 0 aromatic heterocycles. The molecule has 2 aromatic rings. The number of hydrogen-bond donors (Lipinski definition) is 0. The minimum absolute atomic E-state index is 0.606. The molecule has 0 spiro atoms. The van der Waals surface area contributed by atoms with E-state index in [1.807, 2.05) is 0 Å². The molecule has 0 bridgehead atoms. The summed E-state index contributed by atoms with van der Waals surface area (Å²) in [6, 6.07) is 17.3. The zero-order valence-electron chi connectivity index (χ0n) is 14.0. The molecule has 1 saturated carbocycles. The second kappa shape index (κ2) is 7.47. The largest absolute Gasteiger partial charge is 0.491 e. The average Bonchev–Trinajstić information content (AvgIpc) is 2.53. The van der Waals surface area contributed by atoms with Gasteiger partial charge in [0.1, 0.15) is 12.4 Å². The lowest BCUT2D eigenvalue weighted by Crippen LogP contribution is -2.08. The second-order valence-corrected chi connectivity index (χ2v) is 6.07. The van der Waals surface area contributed by atoms with E-state index < -0.39 is 0 Å². The highest BCUT2D eigenvalue weighted by Crippen LogP contribution is 2.34. The van der Waals surface area contributed by atoms with E-state index in [-0.39, 0.29) is 0 Å². The van der Waals surface area contributed by atoms with Gasteiger partial charge in [-0.1, -0.05) is 54.1 Å². The molecule has 0 aliphatic heterocycles. The lowest BCUT2D eigenvalue weighted by Gasteiger charge is -2.22. The van der Waals surface area contributed by atoms with Gasteiger partial charge in [0.25, 0.3) is 0 Å². The van der Waals surface area contributed by atoms with Crippen molar-refractivity contribution < 1.29 is 9.47 Å². The van der Waals surface area contributed by atoms with Crippen LogP contribution in [0.3, 0.4) is 0 Å². The second-order valence-electron chi connectivity index (χ2n) is 6.07. The van der Waals surface area contributed by atoms with Crippen LogP contribution in [0.2, 0.25) is 0 Å². The number of hydrogen-bond acceptors (Lipinski definition) is 2. The molecule has 0 amide bonds. The quantitative estimate of drug-likeness (QED) is 0.538. The monoisotopic (exact) mass is 308 g/mol. The van der Waals surface area contributed by atoms with Crippen molar-refractivity contribution in [1.82, 2.24) is 0 Å². The summed E-state index contributed by atoms with van der Waals surface area (Å²) in [7, 11) is 1.70. The van der Waals surface area contributed by atoms with E-state index in [9.17, 15) is 0 Å². The molecule has 1 aliphatic rings. The van der Waals surface area contributed by atoms with E-state index in [0.717, 1.165) is 18.6 Å². The van der Waals surface area contributed by atoms with E-state index in [1.54, 1.807) is 7.11 Å². The number of aryl methyl sites for hydroxylation is 1. The lowest BCUT2D eigenvalue weighted by atomic mass is 9.89. The van der Waals surface area contributed by atoms with Gasteiger partial charge in [0, 0.05) is 12.7 Å². The first kappa shape index (κ1) is 15.8. The van der Waals surface area contributed by atoms with Crippen LogP contribution in [0.1, 0.15) is 30.4 Å².